The standard InChI is InChI=1S/C19H36O8/c1-3-4-5-6-7-16(2)17(25)27-15-19(11-23,12-24)14-26-13-18(8-20,9-21)10-22/h7,20-24H,3-6,8-15H2,1-2H3. The van der Waals surface area contributed by atoms with E-state index in [-0.39, 0.29) is 19.8 Å². The number of carbonyl (C=O) groups is 1. The molecule has 0 aromatic carbocycles. The summed E-state index contributed by atoms with van der Waals surface area (Å²) < 4.78 is 10.6. The van der Waals surface area contributed by atoms with Crippen molar-refractivity contribution in [2.75, 3.05) is 52.9 Å². The maximum Gasteiger partial charge on any atom is 0.333 e. The predicted molar refractivity (Wildman–Crippen MR) is 100.0 cm³/mol. The number of aliphatic hydroxyl groups excluding tert-OH is 5. The molecule has 8 heteroatoms. The predicted octanol–water partition coefficient (Wildman–Crippen LogP) is 0.00710. The number of carbonyl (C=O) groups excluding carboxylic acids is 1. The van der Waals surface area contributed by atoms with Gasteiger partial charge in [0.1, 0.15) is 6.61 Å². The zero-order valence-corrected chi connectivity index (χ0v) is 16.5. The number of hydrogen-bond donors (Lipinski definition) is 5. The van der Waals surface area contributed by atoms with Crippen molar-refractivity contribution in [2.45, 2.75) is 39.5 Å². The van der Waals surface area contributed by atoms with Gasteiger partial charge in [-0.2, -0.15) is 0 Å². The van der Waals surface area contributed by atoms with Gasteiger partial charge in [-0.3, -0.25) is 0 Å². The molecule has 0 fully saturated rings. The Morgan fingerprint density at radius 1 is 0.852 bits per heavy atom. The summed E-state index contributed by atoms with van der Waals surface area (Å²) in [6, 6.07) is 0. The highest BCUT2D eigenvalue weighted by atomic mass is 16.5. The molecule has 8 nitrogen and oxygen atoms in total. The first-order valence-electron chi connectivity index (χ1n) is 9.34. The SMILES string of the molecule is CCCCCC=C(C)C(=O)OCC(CO)(CO)COCC(CO)(CO)CO. The van der Waals surface area contributed by atoms with Crippen molar-refractivity contribution in [3.05, 3.63) is 11.6 Å². The van der Waals surface area contributed by atoms with Crippen LogP contribution in [0.25, 0.3) is 0 Å². The Kier molecular flexibility index (Phi) is 13.5. The molecule has 5 N–H and O–H groups in total. The Bertz CT molecular complexity index is 419. The number of aliphatic hydroxyl groups is 5. The molecule has 160 valence electrons. The van der Waals surface area contributed by atoms with Crippen molar-refractivity contribution in [3.8, 4) is 0 Å². The minimum atomic E-state index is -1.22. The summed E-state index contributed by atoms with van der Waals surface area (Å²) in [4.78, 5) is 12.1. The average molecular weight is 392 g/mol. The molecule has 0 spiro atoms. The highest BCUT2D eigenvalue weighted by Gasteiger charge is 2.34. The molecule has 0 unspecified atom stereocenters. The van der Waals surface area contributed by atoms with Crippen LogP contribution in [0.2, 0.25) is 0 Å². The highest BCUT2D eigenvalue weighted by Crippen LogP contribution is 2.21. The smallest absolute Gasteiger partial charge is 0.333 e. The van der Waals surface area contributed by atoms with E-state index in [1.165, 1.54) is 0 Å². The molecule has 0 aliphatic rings. The van der Waals surface area contributed by atoms with Crippen molar-refractivity contribution in [1.82, 2.24) is 0 Å². The van der Waals surface area contributed by atoms with Crippen LogP contribution in [0.3, 0.4) is 0 Å². The van der Waals surface area contributed by atoms with Crippen LogP contribution in [0, 0.1) is 10.8 Å². The molecule has 0 atom stereocenters. The molecule has 0 saturated carbocycles. The Labute approximate surface area is 161 Å². The highest BCUT2D eigenvalue weighted by molar-refractivity contribution is 5.87. The molecule has 0 aromatic heterocycles. The molecule has 0 radical (unpaired) electrons. The largest absolute Gasteiger partial charge is 0.461 e. The van der Waals surface area contributed by atoms with Crippen molar-refractivity contribution in [3.63, 3.8) is 0 Å². The second-order valence-electron chi connectivity index (χ2n) is 7.24. The fraction of sp³-hybridized carbons (Fsp3) is 0.842. The lowest BCUT2D eigenvalue weighted by Gasteiger charge is -2.32. The number of esters is 1. The van der Waals surface area contributed by atoms with Gasteiger partial charge in [0.15, 0.2) is 0 Å². The summed E-state index contributed by atoms with van der Waals surface area (Å²) in [5.74, 6) is -0.520. The molecule has 0 aliphatic heterocycles. The molecule has 0 rings (SSSR count). The minimum absolute atomic E-state index is 0.172. The molecule has 0 aromatic rings. The summed E-state index contributed by atoms with van der Waals surface area (Å²) in [5, 5.41) is 47.1. The summed E-state index contributed by atoms with van der Waals surface area (Å²) >= 11 is 0. The van der Waals surface area contributed by atoms with Crippen LogP contribution in [-0.2, 0) is 14.3 Å². The number of hydrogen-bond acceptors (Lipinski definition) is 8. The number of rotatable bonds is 16. The van der Waals surface area contributed by atoms with Gasteiger partial charge in [-0.25, -0.2) is 4.79 Å². The van der Waals surface area contributed by atoms with Crippen LogP contribution in [0.4, 0.5) is 0 Å². The van der Waals surface area contributed by atoms with E-state index in [0.717, 1.165) is 25.7 Å². The van der Waals surface area contributed by atoms with Crippen molar-refractivity contribution in [2.24, 2.45) is 10.8 Å². The number of ether oxygens (including phenoxy) is 2. The second kappa shape index (κ2) is 14.0. The van der Waals surface area contributed by atoms with Gasteiger partial charge < -0.3 is 35.0 Å². The third-order valence-electron chi connectivity index (χ3n) is 4.58. The zero-order valence-electron chi connectivity index (χ0n) is 16.5. The summed E-state index contributed by atoms with van der Waals surface area (Å²) in [6.07, 6.45) is 5.78. The lowest BCUT2D eigenvalue weighted by atomic mass is 9.90. The Morgan fingerprint density at radius 3 is 1.85 bits per heavy atom. The lowest BCUT2D eigenvalue weighted by molar-refractivity contribution is -0.150. The van der Waals surface area contributed by atoms with Gasteiger partial charge >= 0.3 is 5.97 Å². The van der Waals surface area contributed by atoms with E-state index >= 15 is 0 Å². The van der Waals surface area contributed by atoms with Crippen LogP contribution in [0.1, 0.15) is 39.5 Å². The summed E-state index contributed by atoms with van der Waals surface area (Å²) in [6.45, 7) is 0.734. The lowest BCUT2D eigenvalue weighted by Crippen LogP contribution is -2.44. The van der Waals surface area contributed by atoms with Crippen molar-refractivity contribution < 1.29 is 39.8 Å². The van der Waals surface area contributed by atoms with Gasteiger partial charge in [0, 0.05) is 5.57 Å². The van der Waals surface area contributed by atoms with Crippen LogP contribution in [-0.4, -0.2) is 84.4 Å². The quantitative estimate of drug-likeness (QED) is 0.141. The van der Waals surface area contributed by atoms with Crippen molar-refractivity contribution in [1.29, 1.82) is 0 Å². The summed E-state index contributed by atoms with van der Waals surface area (Å²) in [5.41, 5.74) is -1.97. The molecule has 0 saturated heterocycles. The van der Waals surface area contributed by atoms with Crippen LogP contribution in [0.5, 0.6) is 0 Å². The zero-order chi connectivity index (χ0) is 20.8. The number of allylic oxidation sites excluding steroid dienone is 1. The van der Waals surface area contributed by atoms with E-state index in [1.54, 1.807) is 6.92 Å². The first-order valence-corrected chi connectivity index (χ1v) is 9.34. The monoisotopic (exact) mass is 392 g/mol. The van der Waals surface area contributed by atoms with Crippen molar-refractivity contribution >= 4 is 5.97 Å². The van der Waals surface area contributed by atoms with Crippen LogP contribution >= 0.6 is 0 Å². The first kappa shape index (κ1) is 26.0. The van der Waals surface area contributed by atoms with Gasteiger partial charge in [0.05, 0.1) is 57.1 Å². The van der Waals surface area contributed by atoms with Gasteiger partial charge in [-0.1, -0.05) is 25.8 Å². The first-order chi connectivity index (χ1) is 12.9. The van der Waals surface area contributed by atoms with E-state index in [2.05, 4.69) is 6.92 Å². The van der Waals surface area contributed by atoms with Gasteiger partial charge in [0.25, 0.3) is 0 Å². The topological polar surface area (TPSA) is 137 Å². The molecular weight excluding hydrogens is 356 g/mol. The molecule has 0 amide bonds. The van der Waals surface area contributed by atoms with E-state index < -0.39 is 49.8 Å². The van der Waals surface area contributed by atoms with Crippen LogP contribution in [0.15, 0.2) is 11.6 Å². The van der Waals surface area contributed by atoms with Gasteiger partial charge in [0.2, 0.25) is 0 Å². The molecule has 0 aliphatic carbocycles. The Balaban J connectivity index is 4.66. The fourth-order valence-electron chi connectivity index (χ4n) is 2.17. The maximum atomic E-state index is 12.1. The molecule has 27 heavy (non-hydrogen) atoms. The van der Waals surface area contributed by atoms with Gasteiger partial charge in [-0.15, -0.1) is 0 Å². The summed E-state index contributed by atoms with van der Waals surface area (Å²) in [7, 11) is 0. The van der Waals surface area contributed by atoms with E-state index in [4.69, 9.17) is 9.47 Å². The Morgan fingerprint density at radius 2 is 1.37 bits per heavy atom. The molecular formula is C19H36O8. The maximum absolute atomic E-state index is 12.1. The fourth-order valence-corrected chi connectivity index (χ4v) is 2.17. The third-order valence-corrected chi connectivity index (χ3v) is 4.58. The second-order valence-corrected chi connectivity index (χ2v) is 7.24. The normalized spacial score (nSPS) is 13.1. The van der Waals surface area contributed by atoms with E-state index in [0.29, 0.717) is 5.57 Å². The van der Waals surface area contributed by atoms with Gasteiger partial charge in [-0.05, 0) is 19.8 Å². The average Bonchev–Trinajstić information content (AvgIpc) is 2.71. The van der Waals surface area contributed by atoms with E-state index in [9.17, 15) is 30.3 Å². The van der Waals surface area contributed by atoms with E-state index in [1.807, 2.05) is 6.08 Å². The minimum Gasteiger partial charge on any atom is -0.461 e. The van der Waals surface area contributed by atoms with Crippen LogP contribution < -0.4 is 0 Å². The molecule has 0 heterocycles. The Hall–Kier alpha value is -1.03. The third kappa shape index (κ3) is 9.14. The molecule has 0 bridgehead atoms. The number of unbranched alkanes of at least 4 members (excludes halogenated alkanes) is 3.